The molecule has 0 spiro atoms. The number of hydrogen-bond donors (Lipinski definition) is 0. The van der Waals surface area contributed by atoms with E-state index in [-0.39, 0.29) is 0 Å². The zero-order valence-electron chi connectivity index (χ0n) is 9.33. The molecule has 1 aromatic carbocycles. The van der Waals surface area contributed by atoms with Crippen molar-refractivity contribution in [3.8, 4) is 0 Å². The molecule has 82 valence electrons. The number of halogens is 1. The van der Waals surface area contributed by atoms with Gasteiger partial charge < -0.3 is 0 Å². The molecule has 2 rings (SSSR count). The van der Waals surface area contributed by atoms with Crippen molar-refractivity contribution in [1.29, 1.82) is 0 Å². The summed E-state index contributed by atoms with van der Waals surface area (Å²) in [6.07, 6.45) is 5.55. The Kier molecular flexibility index (Phi) is 3.85. The minimum Gasteiger partial charge on any atom is -0.0890 e. The Hall–Kier alpha value is -0.300. The number of benzene rings is 1. The quantitative estimate of drug-likeness (QED) is 0.679. The summed E-state index contributed by atoms with van der Waals surface area (Å²) in [7, 11) is 0. The van der Waals surface area contributed by atoms with Crippen molar-refractivity contribution < 1.29 is 0 Å². The third kappa shape index (κ3) is 2.63. The van der Waals surface area contributed by atoms with Gasteiger partial charge in [-0.3, -0.25) is 0 Å². The van der Waals surface area contributed by atoms with E-state index in [9.17, 15) is 0 Å². The molecule has 0 saturated heterocycles. The van der Waals surface area contributed by atoms with E-state index in [1.54, 1.807) is 0 Å². The van der Waals surface area contributed by atoms with Crippen LogP contribution in [0.25, 0.3) is 0 Å². The first kappa shape index (κ1) is 11.2. The molecular weight excluding hydrogens is 248 g/mol. The normalized spacial score (nSPS) is 28.7. The second kappa shape index (κ2) is 5.16. The van der Waals surface area contributed by atoms with E-state index >= 15 is 0 Å². The SMILES string of the molecule is CC(Br)C1CCCCC1c1ccccc1. The maximum Gasteiger partial charge on any atom is 0.0151 e. The monoisotopic (exact) mass is 266 g/mol. The molecular formula is C14H19Br. The molecule has 1 heteroatoms. The molecule has 0 amide bonds. The van der Waals surface area contributed by atoms with Crippen LogP contribution in [-0.4, -0.2) is 4.83 Å². The van der Waals surface area contributed by atoms with E-state index < -0.39 is 0 Å². The summed E-state index contributed by atoms with van der Waals surface area (Å²) in [6.45, 7) is 2.30. The van der Waals surface area contributed by atoms with Crippen molar-refractivity contribution in [1.82, 2.24) is 0 Å². The van der Waals surface area contributed by atoms with Gasteiger partial charge in [0.25, 0.3) is 0 Å². The van der Waals surface area contributed by atoms with E-state index in [4.69, 9.17) is 0 Å². The fourth-order valence-corrected chi connectivity index (χ4v) is 3.46. The molecule has 15 heavy (non-hydrogen) atoms. The molecule has 1 fully saturated rings. The van der Waals surface area contributed by atoms with Crippen LogP contribution in [0.4, 0.5) is 0 Å². The second-order valence-corrected chi connectivity index (χ2v) is 6.09. The summed E-state index contributed by atoms with van der Waals surface area (Å²) in [6, 6.07) is 11.0. The molecule has 0 aromatic heterocycles. The second-order valence-electron chi connectivity index (χ2n) is 4.64. The lowest BCUT2D eigenvalue weighted by Crippen LogP contribution is -2.23. The lowest BCUT2D eigenvalue weighted by atomic mass is 9.74. The van der Waals surface area contributed by atoms with Gasteiger partial charge in [0.2, 0.25) is 0 Å². The first-order chi connectivity index (χ1) is 7.29. The van der Waals surface area contributed by atoms with Gasteiger partial charge in [-0.2, -0.15) is 0 Å². The van der Waals surface area contributed by atoms with Crippen molar-refractivity contribution in [3.63, 3.8) is 0 Å². The molecule has 1 aromatic rings. The number of alkyl halides is 1. The zero-order chi connectivity index (χ0) is 10.7. The molecule has 0 aliphatic heterocycles. The summed E-state index contributed by atoms with van der Waals surface area (Å²) >= 11 is 3.77. The smallest absolute Gasteiger partial charge is 0.0151 e. The first-order valence-electron chi connectivity index (χ1n) is 5.98. The van der Waals surface area contributed by atoms with Gasteiger partial charge in [0, 0.05) is 4.83 Å². The van der Waals surface area contributed by atoms with Crippen molar-refractivity contribution in [2.75, 3.05) is 0 Å². The average Bonchev–Trinajstić information content (AvgIpc) is 2.30. The van der Waals surface area contributed by atoms with Crippen molar-refractivity contribution in [2.45, 2.75) is 43.4 Å². The molecule has 0 N–H and O–H groups in total. The highest BCUT2D eigenvalue weighted by Crippen LogP contribution is 2.41. The molecule has 3 atom stereocenters. The van der Waals surface area contributed by atoms with Gasteiger partial charge in [-0.1, -0.05) is 66.0 Å². The molecule has 0 bridgehead atoms. The van der Waals surface area contributed by atoms with Crippen LogP contribution in [0.5, 0.6) is 0 Å². The van der Waals surface area contributed by atoms with Gasteiger partial charge in [-0.15, -0.1) is 0 Å². The minimum atomic E-state index is 0.642. The van der Waals surface area contributed by atoms with Gasteiger partial charge in [-0.05, 0) is 30.2 Å². The van der Waals surface area contributed by atoms with Crippen molar-refractivity contribution in [2.24, 2.45) is 5.92 Å². The van der Waals surface area contributed by atoms with Gasteiger partial charge in [-0.25, -0.2) is 0 Å². The van der Waals surface area contributed by atoms with Crippen LogP contribution < -0.4 is 0 Å². The van der Waals surface area contributed by atoms with E-state index in [1.165, 1.54) is 31.2 Å². The highest BCUT2D eigenvalue weighted by atomic mass is 79.9. The Labute approximate surface area is 101 Å². The third-order valence-corrected chi connectivity index (χ3v) is 4.32. The molecule has 1 aliphatic rings. The van der Waals surface area contributed by atoms with Crippen LogP contribution in [0.1, 0.15) is 44.1 Å². The highest BCUT2D eigenvalue weighted by molar-refractivity contribution is 9.09. The molecule has 0 heterocycles. The molecule has 1 aliphatic carbocycles. The summed E-state index contributed by atoms with van der Waals surface area (Å²) < 4.78 is 0. The number of rotatable bonds is 2. The first-order valence-corrected chi connectivity index (χ1v) is 6.89. The summed E-state index contributed by atoms with van der Waals surface area (Å²) in [5.74, 6) is 1.59. The lowest BCUT2D eigenvalue weighted by molar-refractivity contribution is 0.308. The van der Waals surface area contributed by atoms with E-state index in [0.29, 0.717) is 4.83 Å². The van der Waals surface area contributed by atoms with Gasteiger partial charge in [0.15, 0.2) is 0 Å². The van der Waals surface area contributed by atoms with Crippen LogP contribution in [0.15, 0.2) is 30.3 Å². The Morgan fingerprint density at radius 3 is 2.47 bits per heavy atom. The number of hydrogen-bond acceptors (Lipinski definition) is 0. The van der Waals surface area contributed by atoms with Crippen molar-refractivity contribution >= 4 is 15.9 Å². The lowest BCUT2D eigenvalue weighted by Gasteiger charge is -2.33. The summed E-state index contributed by atoms with van der Waals surface area (Å²) in [5.41, 5.74) is 1.54. The Bertz CT molecular complexity index is 291. The van der Waals surface area contributed by atoms with E-state index in [1.807, 2.05) is 0 Å². The standard InChI is InChI=1S/C14H19Br/c1-11(15)13-9-5-6-10-14(13)12-7-3-2-4-8-12/h2-4,7-8,11,13-14H,5-6,9-10H2,1H3. The van der Waals surface area contributed by atoms with Crippen molar-refractivity contribution in [3.05, 3.63) is 35.9 Å². The predicted molar refractivity (Wildman–Crippen MR) is 69.5 cm³/mol. The average molecular weight is 267 g/mol. The predicted octanol–water partition coefficient (Wildman–Crippen LogP) is 4.74. The Morgan fingerprint density at radius 1 is 1.13 bits per heavy atom. The summed E-state index contributed by atoms with van der Waals surface area (Å²) in [4.78, 5) is 0.642. The Balaban J connectivity index is 2.18. The minimum absolute atomic E-state index is 0.642. The highest BCUT2D eigenvalue weighted by Gasteiger charge is 2.29. The van der Waals surface area contributed by atoms with Crippen LogP contribution >= 0.6 is 15.9 Å². The Morgan fingerprint density at radius 2 is 1.80 bits per heavy atom. The largest absolute Gasteiger partial charge is 0.0890 e. The molecule has 1 saturated carbocycles. The fourth-order valence-electron chi connectivity index (χ4n) is 2.82. The van der Waals surface area contributed by atoms with E-state index in [0.717, 1.165) is 11.8 Å². The van der Waals surface area contributed by atoms with Gasteiger partial charge >= 0.3 is 0 Å². The summed E-state index contributed by atoms with van der Waals surface area (Å²) in [5, 5.41) is 0. The van der Waals surface area contributed by atoms with Crippen LogP contribution in [-0.2, 0) is 0 Å². The zero-order valence-corrected chi connectivity index (χ0v) is 10.9. The fraction of sp³-hybridized carbons (Fsp3) is 0.571. The van der Waals surface area contributed by atoms with Gasteiger partial charge in [0.05, 0.1) is 0 Å². The van der Waals surface area contributed by atoms with Crippen LogP contribution in [0.3, 0.4) is 0 Å². The molecule has 0 radical (unpaired) electrons. The molecule has 0 nitrogen and oxygen atoms in total. The van der Waals surface area contributed by atoms with E-state index in [2.05, 4.69) is 53.2 Å². The third-order valence-electron chi connectivity index (χ3n) is 3.64. The topological polar surface area (TPSA) is 0 Å². The maximum atomic E-state index is 3.77. The van der Waals surface area contributed by atoms with Crippen LogP contribution in [0.2, 0.25) is 0 Å². The van der Waals surface area contributed by atoms with Crippen LogP contribution in [0, 0.1) is 5.92 Å². The van der Waals surface area contributed by atoms with Gasteiger partial charge in [0.1, 0.15) is 0 Å². The molecule has 3 unspecified atom stereocenters. The maximum absolute atomic E-state index is 3.77.